The number of nitrogens with two attached hydrogens (primary N) is 1. The Morgan fingerprint density at radius 3 is 2.32 bits per heavy atom. The predicted molar refractivity (Wildman–Crippen MR) is 130 cm³/mol. The molecule has 1 aromatic heterocycles. The number of amides is 1. The first-order chi connectivity index (χ1) is 16.2. The number of carbonyl (C=O) groups excluding carboxylic acids is 1. The zero-order chi connectivity index (χ0) is 24.5. The first-order valence-corrected chi connectivity index (χ1v) is 11.8. The van der Waals surface area contributed by atoms with Gasteiger partial charge in [-0.25, -0.2) is 8.42 Å². The lowest BCUT2D eigenvalue weighted by Gasteiger charge is -2.16. The zero-order valence-corrected chi connectivity index (χ0v) is 19.6. The van der Waals surface area contributed by atoms with Gasteiger partial charge in [0.25, 0.3) is 5.91 Å². The molecule has 3 aromatic carbocycles. The third-order valence-corrected chi connectivity index (χ3v) is 7.13. The Hall–Kier alpha value is -4.11. The average molecular weight is 478 g/mol. The van der Waals surface area contributed by atoms with Crippen molar-refractivity contribution in [1.29, 1.82) is 0 Å². The number of pyridine rings is 1. The van der Waals surface area contributed by atoms with Crippen molar-refractivity contribution in [3.05, 3.63) is 78.0 Å². The summed E-state index contributed by atoms with van der Waals surface area (Å²) in [6, 6.07) is 16.6. The van der Waals surface area contributed by atoms with E-state index in [4.69, 9.17) is 15.2 Å². The van der Waals surface area contributed by atoms with Crippen molar-refractivity contribution in [2.45, 2.75) is 16.7 Å². The maximum Gasteiger partial charge on any atom is 0.252 e. The number of anilines is 2. The van der Waals surface area contributed by atoms with Crippen molar-refractivity contribution in [1.82, 2.24) is 4.98 Å². The van der Waals surface area contributed by atoms with Crippen molar-refractivity contribution in [3.8, 4) is 11.5 Å². The van der Waals surface area contributed by atoms with Crippen LogP contribution in [0.2, 0.25) is 0 Å². The lowest BCUT2D eigenvalue weighted by atomic mass is 10.1. The highest BCUT2D eigenvalue weighted by Crippen LogP contribution is 2.36. The van der Waals surface area contributed by atoms with Gasteiger partial charge in [-0.05, 0) is 61.0 Å². The molecule has 0 aliphatic carbocycles. The van der Waals surface area contributed by atoms with E-state index in [0.29, 0.717) is 33.8 Å². The molecule has 34 heavy (non-hydrogen) atoms. The lowest BCUT2D eigenvalue weighted by Crippen LogP contribution is -2.15. The SMILES string of the molecule is COc1ccc(S(=O)(=O)c2cc(C)cc3c(Nc4cccc(OC)c4)c(C(N)=O)cnc23)cc1. The van der Waals surface area contributed by atoms with Gasteiger partial charge in [0.15, 0.2) is 0 Å². The molecule has 0 spiro atoms. The number of methoxy groups -OCH3 is 2. The zero-order valence-electron chi connectivity index (χ0n) is 18.8. The van der Waals surface area contributed by atoms with Gasteiger partial charge < -0.3 is 20.5 Å². The van der Waals surface area contributed by atoms with Crippen LogP contribution in [-0.2, 0) is 9.84 Å². The minimum Gasteiger partial charge on any atom is -0.497 e. The predicted octanol–water partition coefficient (Wildman–Crippen LogP) is 4.24. The number of aryl methyl sites for hydroxylation is 1. The number of hydrogen-bond acceptors (Lipinski definition) is 7. The number of nitrogens with zero attached hydrogens (tertiary/aromatic N) is 1. The summed E-state index contributed by atoms with van der Waals surface area (Å²) in [5, 5.41) is 3.65. The molecule has 0 unspecified atom stereocenters. The molecule has 0 saturated heterocycles. The van der Waals surface area contributed by atoms with Gasteiger partial charge in [-0.2, -0.15) is 0 Å². The van der Waals surface area contributed by atoms with Gasteiger partial charge in [0, 0.05) is 23.3 Å². The molecular weight excluding hydrogens is 454 g/mol. The summed E-state index contributed by atoms with van der Waals surface area (Å²) in [4.78, 5) is 16.7. The van der Waals surface area contributed by atoms with E-state index < -0.39 is 15.7 Å². The van der Waals surface area contributed by atoms with Crippen molar-refractivity contribution in [2.24, 2.45) is 5.73 Å². The topological polar surface area (TPSA) is 121 Å². The highest BCUT2D eigenvalue weighted by Gasteiger charge is 2.24. The van der Waals surface area contributed by atoms with E-state index in [2.05, 4.69) is 10.3 Å². The molecule has 4 aromatic rings. The number of hydrogen-bond donors (Lipinski definition) is 2. The number of primary amides is 1. The van der Waals surface area contributed by atoms with Crippen LogP contribution < -0.4 is 20.5 Å². The van der Waals surface area contributed by atoms with Gasteiger partial charge in [-0.3, -0.25) is 9.78 Å². The second-order valence-corrected chi connectivity index (χ2v) is 9.52. The van der Waals surface area contributed by atoms with Crippen molar-refractivity contribution < 1.29 is 22.7 Å². The number of aromatic nitrogens is 1. The van der Waals surface area contributed by atoms with E-state index in [-0.39, 0.29) is 20.9 Å². The largest absolute Gasteiger partial charge is 0.497 e. The number of carbonyl (C=O) groups is 1. The third-order valence-electron chi connectivity index (χ3n) is 5.34. The number of nitrogens with one attached hydrogen (secondary N) is 1. The van der Waals surface area contributed by atoms with Gasteiger partial charge in [0.2, 0.25) is 9.84 Å². The van der Waals surface area contributed by atoms with E-state index in [1.807, 2.05) is 0 Å². The quantitative estimate of drug-likeness (QED) is 0.408. The Labute approximate surface area is 197 Å². The number of rotatable bonds is 7. The van der Waals surface area contributed by atoms with Crippen LogP contribution in [0.1, 0.15) is 15.9 Å². The molecule has 0 fully saturated rings. The maximum absolute atomic E-state index is 13.6. The van der Waals surface area contributed by atoms with E-state index in [1.54, 1.807) is 62.6 Å². The molecule has 174 valence electrons. The first kappa shape index (κ1) is 23.1. The molecule has 3 N–H and O–H groups in total. The van der Waals surface area contributed by atoms with Crippen LogP contribution in [0.3, 0.4) is 0 Å². The molecule has 0 saturated carbocycles. The lowest BCUT2D eigenvalue weighted by molar-refractivity contribution is 0.100. The average Bonchev–Trinajstić information content (AvgIpc) is 2.83. The van der Waals surface area contributed by atoms with Crippen LogP contribution in [0, 0.1) is 6.92 Å². The van der Waals surface area contributed by atoms with Gasteiger partial charge in [-0.1, -0.05) is 6.07 Å². The van der Waals surface area contributed by atoms with E-state index in [1.165, 1.54) is 25.4 Å². The second kappa shape index (κ2) is 9.03. The maximum atomic E-state index is 13.6. The minimum absolute atomic E-state index is 0.0254. The molecule has 1 amide bonds. The van der Waals surface area contributed by atoms with E-state index >= 15 is 0 Å². The minimum atomic E-state index is -3.93. The Kier molecular flexibility index (Phi) is 6.12. The summed E-state index contributed by atoms with van der Waals surface area (Å²) < 4.78 is 37.5. The molecule has 9 heteroatoms. The van der Waals surface area contributed by atoms with Crippen molar-refractivity contribution in [3.63, 3.8) is 0 Å². The molecule has 0 bridgehead atoms. The van der Waals surface area contributed by atoms with Crippen LogP contribution in [0.4, 0.5) is 11.4 Å². The van der Waals surface area contributed by atoms with Gasteiger partial charge in [0.1, 0.15) is 11.5 Å². The molecule has 1 heterocycles. The molecule has 0 aliphatic heterocycles. The molecule has 4 rings (SSSR count). The second-order valence-electron chi connectivity index (χ2n) is 7.61. The Morgan fingerprint density at radius 1 is 0.971 bits per heavy atom. The normalized spacial score (nSPS) is 11.3. The molecule has 0 aliphatic rings. The summed E-state index contributed by atoms with van der Waals surface area (Å²) in [5.74, 6) is 0.464. The fourth-order valence-corrected chi connectivity index (χ4v) is 5.17. The number of fused-ring (bicyclic) bond motifs is 1. The van der Waals surface area contributed by atoms with Crippen LogP contribution in [0.15, 0.2) is 76.7 Å². The molecule has 0 atom stereocenters. The van der Waals surface area contributed by atoms with Gasteiger partial charge in [0.05, 0.1) is 40.8 Å². The van der Waals surface area contributed by atoms with Crippen LogP contribution >= 0.6 is 0 Å². The van der Waals surface area contributed by atoms with Crippen LogP contribution in [0.5, 0.6) is 11.5 Å². The van der Waals surface area contributed by atoms with E-state index in [0.717, 1.165) is 0 Å². The molecule has 8 nitrogen and oxygen atoms in total. The monoisotopic (exact) mass is 477 g/mol. The van der Waals surface area contributed by atoms with Crippen LogP contribution in [-0.4, -0.2) is 33.5 Å². The molecule has 0 radical (unpaired) electrons. The van der Waals surface area contributed by atoms with E-state index in [9.17, 15) is 13.2 Å². The molecular formula is C25H23N3O5S. The Bertz CT molecular complexity index is 1500. The summed E-state index contributed by atoms with van der Waals surface area (Å²) in [5.41, 5.74) is 7.65. The standard InChI is InChI=1S/C25H23N3O5S/c1-15-11-20-23(28-16-5-4-6-18(13-16)33-3)21(25(26)29)14-27-24(20)22(12-15)34(30,31)19-9-7-17(32-2)8-10-19/h4-14H,1-3H3,(H2,26,29)(H,27,28). The number of ether oxygens (including phenoxy) is 2. The number of sulfone groups is 1. The highest BCUT2D eigenvalue weighted by molar-refractivity contribution is 7.91. The smallest absolute Gasteiger partial charge is 0.252 e. The Balaban J connectivity index is 1.95. The Morgan fingerprint density at radius 2 is 1.68 bits per heavy atom. The summed E-state index contributed by atoms with van der Waals surface area (Å²) >= 11 is 0. The van der Waals surface area contributed by atoms with Crippen LogP contribution in [0.25, 0.3) is 10.9 Å². The third kappa shape index (κ3) is 4.25. The van der Waals surface area contributed by atoms with Crippen molar-refractivity contribution in [2.75, 3.05) is 19.5 Å². The summed E-state index contributed by atoms with van der Waals surface area (Å²) in [6.07, 6.45) is 1.29. The van der Waals surface area contributed by atoms with Gasteiger partial charge >= 0.3 is 0 Å². The number of benzene rings is 3. The van der Waals surface area contributed by atoms with Crippen molar-refractivity contribution >= 4 is 38.0 Å². The fraction of sp³-hybridized carbons (Fsp3) is 0.120. The fourth-order valence-electron chi connectivity index (χ4n) is 3.66. The highest BCUT2D eigenvalue weighted by atomic mass is 32.2. The van der Waals surface area contributed by atoms with Gasteiger partial charge in [-0.15, -0.1) is 0 Å². The summed E-state index contributed by atoms with van der Waals surface area (Å²) in [7, 11) is -0.869. The first-order valence-electron chi connectivity index (χ1n) is 10.3. The summed E-state index contributed by atoms with van der Waals surface area (Å²) in [6.45, 7) is 1.78.